The Morgan fingerprint density at radius 2 is 2.26 bits per heavy atom. The van der Waals surface area contributed by atoms with Crippen LogP contribution in [0.3, 0.4) is 0 Å². The first-order valence-corrected chi connectivity index (χ1v) is 7.67. The van der Waals surface area contributed by atoms with E-state index in [-0.39, 0.29) is 5.91 Å². The molecule has 1 aromatic carbocycles. The van der Waals surface area contributed by atoms with Gasteiger partial charge in [0.05, 0.1) is 0 Å². The Morgan fingerprint density at radius 1 is 1.53 bits per heavy atom. The number of benzene rings is 1. The molecule has 1 aliphatic rings. The smallest absolute Gasteiger partial charge is 0.254 e. The van der Waals surface area contributed by atoms with Crippen molar-refractivity contribution in [3.8, 4) is 0 Å². The number of hydrogen-bond acceptors (Lipinski definition) is 2. The van der Waals surface area contributed by atoms with Crippen molar-refractivity contribution < 1.29 is 4.79 Å². The Hall–Kier alpha value is -1.03. The summed E-state index contributed by atoms with van der Waals surface area (Å²) < 4.78 is 0.864. The highest BCUT2D eigenvalue weighted by Crippen LogP contribution is 2.26. The molecule has 1 aliphatic heterocycles. The van der Waals surface area contributed by atoms with Crippen LogP contribution in [0.5, 0.6) is 0 Å². The van der Waals surface area contributed by atoms with E-state index in [1.165, 1.54) is 6.42 Å². The monoisotopic (exact) mass is 324 g/mol. The summed E-state index contributed by atoms with van der Waals surface area (Å²) in [7, 11) is 0. The van der Waals surface area contributed by atoms with Crippen LogP contribution >= 0.6 is 15.9 Å². The van der Waals surface area contributed by atoms with E-state index in [2.05, 4.69) is 22.9 Å². The molecule has 4 heteroatoms. The maximum atomic E-state index is 12.6. The maximum absolute atomic E-state index is 12.6. The summed E-state index contributed by atoms with van der Waals surface area (Å²) in [5, 5.41) is 0. The van der Waals surface area contributed by atoms with E-state index >= 15 is 0 Å². The summed E-state index contributed by atoms with van der Waals surface area (Å²) >= 11 is 3.41. The summed E-state index contributed by atoms with van der Waals surface area (Å²) in [5.74, 6) is 0.756. The fraction of sp³-hybridized carbons (Fsp3) is 0.533. The third kappa shape index (κ3) is 3.11. The molecule has 0 aromatic heterocycles. The van der Waals surface area contributed by atoms with Crippen molar-refractivity contribution in [1.29, 1.82) is 0 Å². The zero-order chi connectivity index (χ0) is 14.0. The van der Waals surface area contributed by atoms with E-state index in [0.717, 1.165) is 41.5 Å². The molecule has 2 rings (SSSR count). The lowest BCUT2D eigenvalue weighted by atomic mass is 9.94. The zero-order valence-corrected chi connectivity index (χ0v) is 13.2. The first-order chi connectivity index (χ1) is 9.02. The summed E-state index contributed by atoms with van der Waals surface area (Å²) in [4.78, 5) is 14.6. The number of halogens is 1. The van der Waals surface area contributed by atoms with Crippen molar-refractivity contribution in [3.63, 3.8) is 0 Å². The lowest BCUT2D eigenvalue weighted by Gasteiger charge is -2.32. The van der Waals surface area contributed by atoms with Crippen molar-refractivity contribution in [2.24, 2.45) is 5.92 Å². The summed E-state index contributed by atoms with van der Waals surface area (Å²) in [6.45, 7) is 5.85. The van der Waals surface area contributed by atoms with E-state index in [1.807, 2.05) is 24.0 Å². The van der Waals surface area contributed by atoms with Gasteiger partial charge in [0.1, 0.15) is 0 Å². The Morgan fingerprint density at radius 3 is 2.95 bits per heavy atom. The third-order valence-corrected chi connectivity index (χ3v) is 4.48. The number of rotatable bonds is 2. The average molecular weight is 325 g/mol. The van der Waals surface area contributed by atoms with Crippen LogP contribution in [0.25, 0.3) is 0 Å². The lowest BCUT2D eigenvalue weighted by Crippen LogP contribution is -2.40. The van der Waals surface area contributed by atoms with E-state index in [0.29, 0.717) is 11.6 Å². The lowest BCUT2D eigenvalue weighted by molar-refractivity contribution is 0.0670. The van der Waals surface area contributed by atoms with Crippen molar-refractivity contribution in [3.05, 3.63) is 27.7 Å². The average Bonchev–Trinajstić information content (AvgIpc) is 2.42. The van der Waals surface area contributed by atoms with Crippen molar-refractivity contribution in [2.45, 2.75) is 33.1 Å². The molecule has 3 nitrogen and oxygen atoms in total. The van der Waals surface area contributed by atoms with E-state index in [4.69, 9.17) is 5.73 Å². The Kier molecular flexibility index (Phi) is 4.50. The summed E-state index contributed by atoms with van der Waals surface area (Å²) in [6.07, 6.45) is 3.48. The molecule has 0 aliphatic carbocycles. The van der Waals surface area contributed by atoms with Crippen LogP contribution in [0.4, 0.5) is 5.69 Å². The summed E-state index contributed by atoms with van der Waals surface area (Å²) in [5.41, 5.74) is 8.22. The third-order valence-electron chi connectivity index (χ3n) is 4.03. The van der Waals surface area contributed by atoms with Crippen LogP contribution in [0, 0.1) is 12.8 Å². The van der Waals surface area contributed by atoms with Gasteiger partial charge < -0.3 is 10.6 Å². The van der Waals surface area contributed by atoms with E-state index in [9.17, 15) is 4.79 Å². The van der Waals surface area contributed by atoms with Crippen LogP contribution in [-0.4, -0.2) is 23.9 Å². The van der Waals surface area contributed by atoms with Gasteiger partial charge in [-0.3, -0.25) is 4.79 Å². The molecule has 104 valence electrons. The van der Waals surface area contributed by atoms with Gasteiger partial charge in [-0.2, -0.15) is 0 Å². The van der Waals surface area contributed by atoms with Gasteiger partial charge in [-0.25, -0.2) is 0 Å². The number of nitrogen functional groups attached to an aromatic ring is 1. The highest BCUT2D eigenvalue weighted by atomic mass is 79.9. The Bertz CT molecular complexity index is 487. The van der Waals surface area contributed by atoms with Gasteiger partial charge in [-0.15, -0.1) is 0 Å². The minimum Gasteiger partial charge on any atom is -0.398 e. The molecular formula is C15H21BrN2O. The number of carbonyl (C=O) groups excluding carboxylic acids is 1. The second-order valence-corrected chi connectivity index (χ2v) is 6.25. The molecular weight excluding hydrogens is 304 g/mol. The van der Waals surface area contributed by atoms with Gasteiger partial charge in [0.15, 0.2) is 0 Å². The molecule has 0 saturated carbocycles. The first-order valence-electron chi connectivity index (χ1n) is 6.87. The highest BCUT2D eigenvalue weighted by Gasteiger charge is 2.25. The predicted octanol–water partition coefficient (Wildman–Crippen LogP) is 3.60. The van der Waals surface area contributed by atoms with Crippen LogP contribution in [-0.2, 0) is 0 Å². The topological polar surface area (TPSA) is 46.3 Å². The number of nitrogens with two attached hydrogens (primary N) is 1. The number of amides is 1. The van der Waals surface area contributed by atoms with Crippen molar-refractivity contribution in [1.82, 2.24) is 4.90 Å². The van der Waals surface area contributed by atoms with Crippen molar-refractivity contribution in [2.75, 3.05) is 18.8 Å². The quantitative estimate of drug-likeness (QED) is 0.845. The van der Waals surface area contributed by atoms with Gasteiger partial charge in [0, 0.05) is 28.8 Å². The van der Waals surface area contributed by atoms with Gasteiger partial charge in [-0.05, 0) is 43.4 Å². The molecule has 0 spiro atoms. The number of piperidine rings is 1. The van der Waals surface area contributed by atoms with Gasteiger partial charge in [0.25, 0.3) is 5.91 Å². The van der Waals surface area contributed by atoms with Crippen LogP contribution in [0.1, 0.15) is 42.1 Å². The maximum Gasteiger partial charge on any atom is 0.254 e. The molecule has 1 amide bonds. The van der Waals surface area contributed by atoms with E-state index in [1.54, 1.807) is 0 Å². The van der Waals surface area contributed by atoms with Crippen LogP contribution in [0.15, 0.2) is 16.6 Å². The first kappa shape index (κ1) is 14.4. The van der Waals surface area contributed by atoms with Crippen molar-refractivity contribution >= 4 is 27.5 Å². The number of likely N-dealkylation sites (tertiary alicyclic amines) is 1. The number of anilines is 1. The summed E-state index contributed by atoms with van der Waals surface area (Å²) in [6, 6.07) is 3.72. The van der Waals surface area contributed by atoms with E-state index < -0.39 is 0 Å². The standard InChI is InChI=1S/C15H21BrN2O/c1-3-11-5-4-6-18(9-11)15(19)13-7-12(16)8-14(17)10(13)2/h7-8,11H,3-6,9,17H2,1-2H3. The Labute approximate surface area is 123 Å². The molecule has 1 saturated heterocycles. The SMILES string of the molecule is CCC1CCCN(C(=O)c2cc(Br)cc(N)c2C)C1. The number of hydrogen-bond donors (Lipinski definition) is 1. The molecule has 19 heavy (non-hydrogen) atoms. The van der Waals surface area contributed by atoms with Gasteiger partial charge in [0.2, 0.25) is 0 Å². The normalized spacial score (nSPS) is 19.5. The number of nitrogens with zero attached hydrogens (tertiary/aromatic N) is 1. The number of carbonyl (C=O) groups is 1. The molecule has 1 atom stereocenters. The molecule has 0 bridgehead atoms. The second-order valence-electron chi connectivity index (χ2n) is 5.34. The Balaban J connectivity index is 2.24. The minimum absolute atomic E-state index is 0.114. The fourth-order valence-corrected chi connectivity index (χ4v) is 3.15. The largest absolute Gasteiger partial charge is 0.398 e. The molecule has 1 unspecified atom stereocenters. The minimum atomic E-state index is 0.114. The van der Waals surface area contributed by atoms with Crippen LogP contribution < -0.4 is 5.73 Å². The molecule has 1 aromatic rings. The second kappa shape index (κ2) is 5.95. The molecule has 2 N–H and O–H groups in total. The molecule has 1 heterocycles. The highest BCUT2D eigenvalue weighted by molar-refractivity contribution is 9.10. The van der Waals surface area contributed by atoms with Gasteiger partial charge in [-0.1, -0.05) is 29.3 Å². The zero-order valence-electron chi connectivity index (χ0n) is 11.6. The van der Waals surface area contributed by atoms with Crippen LogP contribution in [0.2, 0.25) is 0 Å². The fourth-order valence-electron chi connectivity index (χ4n) is 2.68. The molecule has 1 fully saturated rings. The van der Waals surface area contributed by atoms with Gasteiger partial charge >= 0.3 is 0 Å². The molecule has 0 radical (unpaired) electrons. The predicted molar refractivity (Wildman–Crippen MR) is 82.2 cm³/mol.